The first-order valence-corrected chi connectivity index (χ1v) is 15.1. The molecule has 1 aromatic carbocycles. The van der Waals surface area contributed by atoms with Crippen molar-refractivity contribution in [3.05, 3.63) is 52.1 Å². The number of amides is 3. The Kier molecular flexibility index (Phi) is 7.52. The first kappa shape index (κ1) is 28.1. The first-order valence-electron chi connectivity index (χ1n) is 13.9. The van der Waals surface area contributed by atoms with Crippen LogP contribution >= 0.6 is 22.9 Å². The molecule has 3 aromatic heterocycles. The third-order valence-electron chi connectivity index (χ3n) is 7.45. The first-order chi connectivity index (χ1) is 21.5. The lowest BCUT2D eigenvalue weighted by Crippen LogP contribution is -2.37. The number of halogens is 1. The molecule has 1 saturated heterocycles. The minimum atomic E-state index is -0.620. The van der Waals surface area contributed by atoms with Gasteiger partial charge in [-0.25, -0.2) is 14.8 Å². The van der Waals surface area contributed by atoms with E-state index in [4.69, 9.17) is 25.8 Å². The van der Waals surface area contributed by atoms with Gasteiger partial charge >= 0.3 is 6.03 Å². The van der Waals surface area contributed by atoms with Gasteiger partial charge in [0.1, 0.15) is 27.3 Å². The summed E-state index contributed by atoms with van der Waals surface area (Å²) < 4.78 is 16.5. The average Bonchev–Trinajstić information content (AvgIpc) is 3.67. The fourth-order valence-corrected chi connectivity index (χ4v) is 6.60. The van der Waals surface area contributed by atoms with Crippen LogP contribution in [0.2, 0.25) is 5.02 Å². The van der Waals surface area contributed by atoms with Crippen molar-refractivity contribution in [1.82, 2.24) is 14.9 Å². The molecule has 0 spiro atoms. The molecule has 7 rings (SSSR count). The molecular formula is C29H25ClN8O5S. The predicted molar refractivity (Wildman–Crippen MR) is 166 cm³/mol. The number of nitrogens with zero attached hydrogens (tertiary/aromatic N) is 5. The average molecular weight is 633 g/mol. The molecule has 0 bridgehead atoms. The zero-order chi connectivity index (χ0) is 30.2. The lowest BCUT2D eigenvalue weighted by atomic mass is 10.1. The van der Waals surface area contributed by atoms with E-state index < -0.39 is 11.9 Å². The Bertz CT molecular complexity index is 1820. The number of nitriles is 1. The quantitative estimate of drug-likeness (QED) is 0.226. The fourth-order valence-electron chi connectivity index (χ4n) is 5.37. The Labute approximate surface area is 260 Å². The number of benzene rings is 1. The van der Waals surface area contributed by atoms with E-state index in [0.717, 1.165) is 57.2 Å². The molecular weight excluding hydrogens is 608 g/mol. The van der Waals surface area contributed by atoms with Crippen molar-refractivity contribution in [2.24, 2.45) is 0 Å². The van der Waals surface area contributed by atoms with Gasteiger partial charge in [0.25, 0.3) is 5.91 Å². The van der Waals surface area contributed by atoms with E-state index in [-0.39, 0.29) is 45.1 Å². The molecule has 1 fully saturated rings. The summed E-state index contributed by atoms with van der Waals surface area (Å²) >= 11 is 7.65. The number of carbonyl (C=O) groups excluding carboxylic acids is 2. The molecule has 3 aliphatic heterocycles. The minimum absolute atomic E-state index is 0.0379. The molecule has 13 nitrogen and oxygen atoms in total. The molecule has 3 amide bonds. The molecule has 0 aliphatic carbocycles. The molecule has 6 heterocycles. The maximum absolute atomic E-state index is 13.7. The van der Waals surface area contributed by atoms with Crippen LogP contribution in [0.3, 0.4) is 0 Å². The van der Waals surface area contributed by atoms with Gasteiger partial charge in [0.05, 0.1) is 52.4 Å². The van der Waals surface area contributed by atoms with Crippen LogP contribution in [-0.4, -0.2) is 73.0 Å². The number of ether oxygens (including phenoxy) is 3. The van der Waals surface area contributed by atoms with Gasteiger partial charge in [-0.2, -0.15) is 5.26 Å². The van der Waals surface area contributed by atoms with Gasteiger partial charge < -0.3 is 30.2 Å². The molecule has 44 heavy (non-hydrogen) atoms. The highest BCUT2D eigenvalue weighted by atomic mass is 35.5. The molecule has 15 heteroatoms. The standard InChI is InChI=1S/C29H25ClN8O5S/c30-18-3-4-19-25(43-15-42-19)24(18)38-23-16(12-31)13-34-28-21(23)22(36-29(38)40)26(44-28)27(39)35-17-2-5-20(33-14-17)32-6-1-7-37-8-10-41-11-9-37/h2-5,13-14H,1,6-11,15H2,(H,32,33)(H,35,39)(H,36,40). The summed E-state index contributed by atoms with van der Waals surface area (Å²) in [6.07, 6.45) is 3.91. The normalized spacial score (nSPS) is 15.6. The summed E-state index contributed by atoms with van der Waals surface area (Å²) in [4.78, 5) is 40.3. The third kappa shape index (κ3) is 5.09. The number of morpholine rings is 1. The van der Waals surface area contributed by atoms with Crippen LogP contribution in [0.25, 0.3) is 10.2 Å². The third-order valence-corrected chi connectivity index (χ3v) is 8.85. The van der Waals surface area contributed by atoms with Gasteiger partial charge in [0.15, 0.2) is 11.5 Å². The topological polar surface area (TPSA) is 154 Å². The zero-order valence-electron chi connectivity index (χ0n) is 23.2. The highest BCUT2D eigenvalue weighted by Gasteiger charge is 2.38. The Morgan fingerprint density at radius 3 is 2.80 bits per heavy atom. The Balaban J connectivity index is 1.12. The van der Waals surface area contributed by atoms with Crippen LogP contribution < -0.4 is 30.3 Å². The van der Waals surface area contributed by atoms with Gasteiger partial charge in [0, 0.05) is 25.8 Å². The highest BCUT2D eigenvalue weighted by molar-refractivity contribution is 7.21. The van der Waals surface area contributed by atoms with Crippen LogP contribution in [0, 0.1) is 11.3 Å². The van der Waals surface area contributed by atoms with Crippen molar-refractivity contribution in [2.75, 3.05) is 67.0 Å². The van der Waals surface area contributed by atoms with E-state index in [1.807, 2.05) is 0 Å². The lowest BCUT2D eigenvalue weighted by Gasteiger charge is -2.30. The largest absolute Gasteiger partial charge is 0.454 e. The molecule has 4 aromatic rings. The second kappa shape index (κ2) is 11.8. The van der Waals surface area contributed by atoms with Crippen LogP contribution in [0.5, 0.6) is 11.5 Å². The summed E-state index contributed by atoms with van der Waals surface area (Å²) in [5.74, 6) is 0.942. The van der Waals surface area contributed by atoms with Crippen LogP contribution in [0.1, 0.15) is 21.7 Å². The van der Waals surface area contributed by atoms with Crippen LogP contribution in [0.4, 0.5) is 33.4 Å². The molecule has 0 atom stereocenters. The van der Waals surface area contributed by atoms with Gasteiger partial charge in [0.2, 0.25) is 6.79 Å². The predicted octanol–water partition coefficient (Wildman–Crippen LogP) is 5.02. The van der Waals surface area contributed by atoms with Crippen molar-refractivity contribution in [3.8, 4) is 17.6 Å². The molecule has 0 radical (unpaired) electrons. The van der Waals surface area contributed by atoms with E-state index >= 15 is 0 Å². The van der Waals surface area contributed by atoms with Crippen molar-refractivity contribution in [1.29, 1.82) is 5.26 Å². The van der Waals surface area contributed by atoms with E-state index in [2.05, 4.69) is 36.9 Å². The van der Waals surface area contributed by atoms with E-state index in [1.165, 1.54) is 11.1 Å². The van der Waals surface area contributed by atoms with Crippen molar-refractivity contribution in [2.45, 2.75) is 6.42 Å². The SMILES string of the molecule is N#Cc1cnc2sc(C(=O)Nc3ccc(NCCCN4CCOCC4)nc3)c3c2c1N(c1c(Cl)ccc2c1OCO2)C(=O)N3. The van der Waals surface area contributed by atoms with Crippen molar-refractivity contribution in [3.63, 3.8) is 0 Å². The number of pyridine rings is 2. The maximum atomic E-state index is 13.7. The zero-order valence-corrected chi connectivity index (χ0v) is 24.8. The summed E-state index contributed by atoms with van der Waals surface area (Å²) in [7, 11) is 0. The summed E-state index contributed by atoms with van der Waals surface area (Å²) in [6.45, 7) is 5.21. The van der Waals surface area contributed by atoms with E-state index in [1.54, 1.807) is 30.5 Å². The molecule has 3 aliphatic rings. The smallest absolute Gasteiger partial charge is 0.331 e. The Morgan fingerprint density at radius 1 is 1.14 bits per heavy atom. The number of aromatic nitrogens is 2. The molecule has 3 N–H and O–H groups in total. The van der Waals surface area contributed by atoms with Crippen LogP contribution in [0.15, 0.2) is 36.7 Å². The van der Waals surface area contributed by atoms with Crippen molar-refractivity contribution >= 4 is 73.7 Å². The lowest BCUT2D eigenvalue weighted by molar-refractivity contribution is 0.0378. The molecule has 0 unspecified atom stereocenters. The number of urea groups is 1. The number of anilines is 5. The second-order valence-electron chi connectivity index (χ2n) is 10.1. The van der Waals surface area contributed by atoms with E-state index in [9.17, 15) is 14.9 Å². The Hall–Kier alpha value is -4.68. The summed E-state index contributed by atoms with van der Waals surface area (Å²) in [6, 6.07) is 8.27. The van der Waals surface area contributed by atoms with Gasteiger partial charge in [-0.1, -0.05) is 11.6 Å². The molecule has 0 saturated carbocycles. The maximum Gasteiger partial charge on any atom is 0.331 e. The summed E-state index contributed by atoms with van der Waals surface area (Å²) in [5.41, 5.74) is 1.35. The minimum Gasteiger partial charge on any atom is -0.454 e. The van der Waals surface area contributed by atoms with Gasteiger partial charge in [-0.3, -0.25) is 14.6 Å². The van der Waals surface area contributed by atoms with E-state index in [0.29, 0.717) is 27.5 Å². The number of nitrogens with one attached hydrogen (secondary N) is 3. The van der Waals surface area contributed by atoms with Gasteiger partial charge in [-0.05, 0) is 37.2 Å². The van der Waals surface area contributed by atoms with Gasteiger partial charge in [-0.15, -0.1) is 11.3 Å². The number of carbonyl (C=O) groups is 2. The molecule has 224 valence electrons. The fraction of sp³-hybridized carbons (Fsp3) is 0.276. The number of hydrogen-bond donors (Lipinski definition) is 3. The monoisotopic (exact) mass is 632 g/mol. The number of fused-ring (bicyclic) bond motifs is 1. The number of thiophene rings is 1. The highest BCUT2D eigenvalue weighted by Crippen LogP contribution is 2.53. The van der Waals surface area contributed by atoms with Crippen LogP contribution in [-0.2, 0) is 4.74 Å². The van der Waals surface area contributed by atoms with Crippen molar-refractivity contribution < 1.29 is 23.8 Å². The summed E-state index contributed by atoms with van der Waals surface area (Å²) in [5, 5.41) is 19.6. The Morgan fingerprint density at radius 2 is 2.00 bits per heavy atom. The number of rotatable bonds is 8. The second-order valence-corrected chi connectivity index (χ2v) is 11.5. The number of hydrogen-bond acceptors (Lipinski definition) is 11.